The lowest BCUT2D eigenvalue weighted by molar-refractivity contribution is 0.0985. The summed E-state index contributed by atoms with van der Waals surface area (Å²) in [6.07, 6.45) is 4.52. The molecule has 4 heteroatoms. The van der Waals surface area contributed by atoms with Crippen LogP contribution in [0.4, 0.5) is 0 Å². The van der Waals surface area contributed by atoms with Gasteiger partial charge in [-0.05, 0) is 37.0 Å². The molecule has 1 aliphatic carbocycles. The van der Waals surface area contributed by atoms with Crippen LogP contribution in [0.3, 0.4) is 0 Å². The normalized spacial score (nSPS) is 23.3. The molecule has 3 unspecified atom stereocenters. The molecule has 0 heterocycles. The zero-order valence-electron chi connectivity index (χ0n) is 12.6. The minimum Gasteiger partial charge on any atom is -0.491 e. The Labute approximate surface area is 126 Å². The van der Waals surface area contributed by atoms with Crippen LogP contribution in [0.15, 0.2) is 24.3 Å². The molecular weight excluding hydrogens is 264 g/mol. The molecule has 114 valence electrons. The minimum atomic E-state index is -0.537. The van der Waals surface area contributed by atoms with Crippen LogP contribution in [-0.4, -0.2) is 30.4 Å². The van der Waals surface area contributed by atoms with E-state index in [9.17, 15) is 5.11 Å². The number of benzene rings is 1. The van der Waals surface area contributed by atoms with E-state index in [1.54, 1.807) is 24.3 Å². The first-order valence-corrected chi connectivity index (χ1v) is 7.73. The van der Waals surface area contributed by atoms with Gasteiger partial charge in [-0.25, -0.2) is 0 Å². The van der Waals surface area contributed by atoms with Gasteiger partial charge < -0.3 is 15.2 Å². The van der Waals surface area contributed by atoms with Crippen molar-refractivity contribution >= 4 is 0 Å². The molecule has 0 spiro atoms. The van der Waals surface area contributed by atoms with Gasteiger partial charge in [0.25, 0.3) is 0 Å². The Morgan fingerprint density at radius 2 is 2.24 bits per heavy atom. The summed E-state index contributed by atoms with van der Waals surface area (Å²) in [7, 11) is 0. The van der Waals surface area contributed by atoms with E-state index in [0.29, 0.717) is 29.8 Å². The predicted octanol–water partition coefficient (Wildman–Crippen LogP) is 2.47. The number of aliphatic hydroxyl groups excluding tert-OH is 1. The largest absolute Gasteiger partial charge is 0.491 e. The lowest BCUT2D eigenvalue weighted by atomic mass is 9.86. The lowest BCUT2D eigenvalue weighted by Gasteiger charge is -2.30. The highest BCUT2D eigenvalue weighted by Gasteiger charge is 2.21. The summed E-state index contributed by atoms with van der Waals surface area (Å²) in [6.45, 7) is 3.06. The molecule has 1 aromatic carbocycles. The SMILES string of the molecule is CC1CCCCC1NCC(O)COc1cccc(C#N)c1. The topological polar surface area (TPSA) is 65.3 Å². The Kier molecular flexibility index (Phi) is 6.04. The lowest BCUT2D eigenvalue weighted by Crippen LogP contribution is -2.42. The average molecular weight is 288 g/mol. The second kappa shape index (κ2) is 8.02. The molecule has 0 radical (unpaired) electrons. The summed E-state index contributed by atoms with van der Waals surface area (Å²) >= 11 is 0. The standard InChI is InChI=1S/C17H24N2O2/c1-13-5-2-3-8-17(13)19-11-15(20)12-21-16-7-4-6-14(9-16)10-18/h4,6-7,9,13,15,17,19-20H,2-3,5,8,11-12H2,1H3. The molecule has 2 rings (SSSR count). The van der Waals surface area contributed by atoms with E-state index in [-0.39, 0.29) is 6.61 Å². The van der Waals surface area contributed by atoms with Gasteiger partial charge in [-0.1, -0.05) is 25.8 Å². The molecule has 0 amide bonds. The van der Waals surface area contributed by atoms with Gasteiger partial charge in [0.15, 0.2) is 0 Å². The third-order valence-corrected chi connectivity index (χ3v) is 4.13. The number of aliphatic hydroxyl groups is 1. The maximum absolute atomic E-state index is 10.0. The van der Waals surface area contributed by atoms with Gasteiger partial charge in [-0.15, -0.1) is 0 Å². The average Bonchev–Trinajstić information content (AvgIpc) is 2.52. The van der Waals surface area contributed by atoms with Crippen LogP contribution < -0.4 is 10.1 Å². The Bertz CT molecular complexity index is 484. The quantitative estimate of drug-likeness (QED) is 0.844. The van der Waals surface area contributed by atoms with Crippen molar-refractivity contribution in [2.45, 2.75) is 44.8 Å². The number of hydrogen-bond donors (Lipinski definition) is 2. The number of nitrogens with zero attached hydrogens (tertiary/aromatic N) is 1. The third kappa shape index (κ3) is 5.04. The molecule has 1 aliphatic rings. The van der Waals surface area contributed by atoms with E-state index < -0.39 is 6.10 Å². The molecule has 4 nitrogen and oxygen atoms in total. The fourth-order valence-electron chi connectivity index (χ4n) is 2.81. The van der Waals surface area contributed by atoms with E-state index in [4.69, 9.17) is 10.00 Å². The molecule has 1 saturated carbocycles. The van der Waals surface area contributed by atoms with Gasteiger partial charge in [0.2, 0.25) is 0 Å². The molecule has 0 saturated heterocycles. The van der Waals surface area contributed by atoms with Gasteiger partial charge in [-0.3, -0.25) is 0 Å². The first-order valence-electron chi connectivity index (χ1n) is 7.73. The number of nitriles is 1. The first-order chi connectivity index (χ1) is 10.2. The first kappa shape index (κ1) is 15.8. The van der Waals surface area contributed by atoms with Gasteiger partial charge in [0, 0.05) is 12.6 Å². The number of hydrogen-bond acceptors (Lipinski definition) is 4. The van der Waals surface area contributed by atoms with Crippen LogP contribution >= 0.6 is 0 Å². The van der Waals surface area contributed by atoms with Crippen molar-refractivity contribution in [1.29, 1.82) is 5.26 Å². The van der Waals surface area contributed by atoms with Crippen LogP contribution in [0, 0.1) is 17.2 Å². The fourth-order valence-corrected chi connectivity index (χ4v) is 2.81. The Morgan fingerprint density at radius 1 is 1.43 bits per heavy atom. The van der Waals surface area contributed by atoms with Crippen molar-refractivity contribution in [2.75, 3.05) is 13.2 Å². The number of ether oxygens (including phenoxy) is 1. The maximum Gasteiger partial charge on any atom is 0.120 e. The number of rotatable bonds is 6. The van der Waals surface area contributed by atoms with E-state index >= 15 is 0 Å². The molecule has 1 aromatic rings. The van der Waals surface area contributed by atoms with Crippen LogP contribution in [0.5, 0.6) is 5.75 Å². The molecule has 21 heavy (non-hydrogen) atoms. The van der Waals surface area contributed by atoms with E-state index in [2.05, 4.69) is 18.3 Å². The van der Waals surface area contributed by atoms with Crippen LogP contribution in [0.2, 0.25) is 0 Å². The summed E-state index contributed by atoms with van der Waals surface area (Å²) in [5.41, 5.74) is 0.566. The Morgan fingerprint density at radius 3 is 3.00 bits per heavy atom. The maximum atomic E-state index is 10.0. The van der Waals surface area contributed by atoms with E-state index in [1.165, 1.54) is 25.7 Å². The summed E-state index contributed by atoms with van der Waals surface area (Å²) in [6, 6.07) is 9.57. The molecule has 0 aromatic heterocycles. The van der Waals surface area contributed by atoms with Gasteiger partial charge in [0.05, 0.1) is 11.6 Å². The Balaban J connectivity index is 1.71. The molecule has 1 fully saturated rings. The van der Waals surface area contributed by atoms with Crippen LogP contribution in [-0.2, 0) is 0 Å². The second-order valence-electron chi connectivity index (χ2n) is 5.88. The smallest absolute Gasteiger partial charge is 0.120 e. The molecule has 0 bridgehead atoms. The van der Waals surface area contributed by atoms with Crippen molar-refractivity contribution in [1.82, 2.24) is 5.32 Å². The van der Waals surface area contributed by atoms with Crippen molar-refractivity contribution in [3.63, 3.8) is 0 Å². The molecule has 3 atom stereocenters. The van der Waals surface area contributed by atoms with Crippen molar-refractivity contribution in [3.05, 3.63) is 29.8 Å². The second-order valence-corrected chi connectivity index (χ2v) is 5.88. The summed E-state index contributed by atoms with van der Waals surface area (Å²) < 4.78 is 5.54. The molecule has 0 aliphatic heterocycles. The van der Waals surface area contributed by atoms with Crippen LogP contribution in [0.1, 0.15) is 38.2 Å². The Hall–Kier alpha value is -1.57. The molecular formula is C17H24N2O2. The van der Waals surface area contributed by atoms with E-state index in [1.807, 2.05) is 0 Å². The minimum absolute atomic E-state index is 0.239. The van der Waals surface area contributed by atoms with Crippen molar-refractivity contribution in [2.24, 2.45) is 5.92 Å². The monoisotopic (exact) mass is 288 g/mol. The summed E-state index contributed by atoms with van der Waals surface area (Å²) in [4.78, 5) is 0. The van der Waals surface area contributed by atoms with Crippen molar-refractivity contribution < 1.29 is 9.84 Å². The summed E-state index contributed by atoms with van der Waals surface area (Å²) in [5.74, 6) is 1.30. The zero-order chi connectivity index (χ0) is 15.1. The van der Waals surface area contributed by atoms with Gasteiger partial charge in [0.1, 0.15) is 18.5 Å². The van der Waals surface area contributed by atoms with Gasteiger partial charge >= 0.3 is 0 Å². The highest BCUT2D eigenvalue weighted by atomic mass is 16.5. The van der Waals surface area contributed by atoms with Crippen molar-refractivity contribution in [3.8, 4) is 11.8 Å². The third-order valence-electron chi connectivity index (χ3n) is 4.13. The van der Waals surface area contributed by atoms with Gasteiger partial charge in [-0.2, -0.15) is 5.26 Å². The highest BCUT2D eigenvalue weighted by Crippen LogP contribution is 2.23. The zero-order valence-corrected chi connectivity index (χ0v) is 12.6. The van der Waals surface area contributed by atoms with E-state index in [0.717, 1.165) is 0 Å². The molecule has 2 N–H and O–H groups in total. The predicted molar refractivity (Wildman–Crippen MR) is 82.1 cm³/mol. The number of nitrogens with one attached hydrogen (secondary N) is 1. The van der Waals surface area contributed by atoms with Crippen LogP contribution in [0.25, 0.3) is 0 Å². The summed E-state index contributed by atoms with van der Waals surface area (Å²) in [5, 5.41) is 22.3. The fraction of sp³-hybridized carbons (Fsp3) is 0.588. The highest BCUT2D eigenvalue weighted by molar-refractivity contribution is 5.36.